The number of fused-ring (bicyclic) bond motifs is 3. The number of benzene rings is 2. The van der Waals surface area contributed by atoms with Crippen LogP contribution in [-0.4, -0.2) is 56.9 Å². The average Bonchev–Trinajstić information content (AvgIpc) is 3.61. The minimum absolute atomic E-state index is 0.0505. The number of carbonyl (C=O) groups is 1. The SMILES string of the molecule is COc1ccc(COC[C@H](C)CN2C(=O)c3cc4c(cc3C23CCC2(CC3)OCCO2)OCO4)cc1. The minimum atomic E-state index is -0.508. The van der Waals surface area contributed by atoms with Crippen molar-refractivity contribution in [1.29, 1.82) is 0 Å². The first-order valence-corrected chi connectivity index (χ1v) is 12.8. The Morgan fingerprint density at radius 1 is 1.00 bits per heavy atom. The second-order valence-electron chi connectivity index (χ2n) is 10.3. The lowest BCUT2D eigenvalue weighted by Crippen LogP contribution is -2.51. The smallest absolute Gasteiger partial charge is 0.255 e. The zero-order valence-corrected chi connectivity index (χ0v) is 20.9. The number of hydrogen-bond acceptors (Lipinski definition) is 7. The Morgan fingerprint density at radius 2 is 1.69 bits per heavy atom. The molecule has 8 nitrogen and oxygen atoms in total. The van der Waals surface area contributed by atoms with Crippen molar-refractivity contribution in [2.45, 2.75) is 50.5 Å². The summed E-state index contributed by atoms with van der Waals surface area (Å²) in [5.74, 6) is 1.89. The second-order valence-corrected chi connectivity index (χ2v) is 10.3. The van der Waals surface area contributed by atoms with Crippen molar-refractivity contribution in [2.75, 3.05) is 40.3 Å². The summed E-state index contributed by atoms with van der Waals surface area (Å²) < 4.78 is 34.5. The van der Waals surface area contributed by atoms with Gasteiger partial charge in [-0.25, -0.2) is 0 Å². The van der Waals surface area contributed by atoms with Crippen LogP contribution in [0.5, 0.6) is 17.2 Å². The molecule has 1 amide bonds. The summed E-state index contributed by atoms with van der Waals surface area (Å²) in [6.07, 6.45) is 3.08. The van der Waals surface area contributed by atoms with Crippen LogP contribution in [0.4, 0.5) is 0 Å². The summed E-state index contributed by atoms with van der Waals surface area (Å²) in [7, 11) is 1.66. The van der Waals surface area contributed by atoms with Crippen LogP contribution in [0.2, 0.25) is 0 Å². The maximum atomic E-state index is 13.8. The molecule has 1 aliphatic carbocycles. The molecule has 0 radical (unpaired) electrons. The lowest BCUT2D eigenvalue weighted by Gasteiger charge is -2.47. The monoisotopic (exact) mass is 495 g/mol. The normalized spacial score (nSPS) is 21.8. The van der Waals surface area contributed by atoms with Crippen LogP contribution in [0, 0.1) is 5.92 Å². The molecule has 2 aromatic rings. The highest BCUT2D eigenvalue weighted by Gasteiger charge is 2.56. The molecule has 0 unspecified atom stereocenters. The summed E-state index contributed by atoms with van der Waals surface area (Å²) >= 11 is 0. The van der Waals surface area contributed by atoms with Crippen molar-refractivity contribution in [1.82, 2.24) is 4.90 Å². The van der Waals surface area contributed by atoms with Crippen LogP contribution in [0.3, 0.4) is 0 Å². The maximum absolute atomic E-state index is 13.8. The Kier molecular flexibility index (Phi) is 6.06. The van der Waals surface area contributed by atoms with Gasteiger partial charge in [0.25, 0.3) is 5.91 Å². The fourth-order valence-corrected chi connectivity index (χ4v) is 6.08. The Labute approximate surface area is 211 Å². The molecule has 1 atom stereocenters. The Morgan fingerprint density at radius 3 is 2.39 bits per heavy atom. The molecule has 1 saturated carbocycles. The number of methoxy groups -OCH3 is 1. The van der Waals surface area contributed by atoms with Crippen LogP contribution in [-0.2, 0) is 26.4 Å². The fourth-order valence-electron chi connectivity index (χ4n) is 6.08. The van der Waals surface area contributed by atoms with Crippen molar-refractivity contribution in [3.63, 3.8) is 0 Å². The molecule has 2 fully saturated rings. The zero-order chi connectivity index (χ0) is 24.8. The van der Waals surface area contributed by atoms with E-state index in [4.69, 9.17) is 28.4 Å². The molecule has 1 saturated heterocycles. The van der Waals surface area contributed by atoms with E-state index in [0.717, 1.165) is 48.1 Å². The first-order chi connectivity index (χ1) is 17.5. The molecule has 192 valence electrons. The van der Waals surface area contributed by atoms with E-state index in [1.54, 1.807) is 7.11 Å². The molecule has 6 rings (SSSR count). The van der Waals surface area contributed by atoms with Gasteiger partial charge in [0, 0.05) is 24.9 Å². The van der Waals surface area contributed by atoms with E-state index in [2.05, 4.69) is 11.8 Å². The number of nitrogens with zero attached hydrogens (tertiary/aromatic N) is 1. The molecule has 8 heteroatoms. The minimum Gasteiger partial charge on any atom is -0.497 e. The van der Waals surface area contributed by atoms with E-state index in [9.17, 15) is 4.79 Å². The highest BCUT2D eigenvalue weighted by atomic mass is 16.7. The van der Waals surface area contributed by atoms with Gasteiger partial charge < -0.3 is 33.3 Å². The molecular formula is C28H33NO7. The van der Waals surface area contributed by atoms with Crippen LogP contribution >= 0.6 is 0 Å². The van der Waals surface area contributed by atoms with Crippen molar-refractivity contribution in [3.8, 4) is 17.2 Å². The van der Waals surface area contributed by atoms with Crippen molar-refractivity contribution in [2.24, 2.45) is 5.92 Å². The number of amides is 1. The van der Waals surface area contributed by atoms with Crippen molar-refractivity contribution < 1.29 is 33.2 Å². The highest BCUT2D eigenvalue weighted by molar-refractivity contribution is 6.01. The van der Waals surface area contributed by atoms with Crippen molar-refractivity contribution in [3.05, 3.63) is 53.1 Å². The topological polar surface area (TPSA) is 75.7 Å². The fraction of sp³-hybridized carbons (Fsp3) is 0.536. The predicted molar refractivity (Wildman–Crippen MR) is 130 cm³/mol. The third-order valence-electron chi connectivity index (χ3n) is 7.98. The molecule has 4 aliphatic rings. The van der Waals surface area contributed by atoms with Gasteiger partial charge in [0.1, 0.15) is 5.75 Å². The van der Waals surface area contributed by atoms with Gasteiger partial charge in [0.05, 0.1) is 39.1 Å². The van der Waals surface area contributed by atoms with Gasteiger partial charge in [-0.1, -0.05) is 19.1 Å². The summed E-state index contributed by atoms with van der Waals surface area (Å²) in [5, 5.41) is 0. The molecule has 3 heterocycles. The molecule has 3 aliphatic heterocycles. The lowest BCUT2D eigenvalue weighted by atomic mass is 9.74. The molecule has 0 N–H and O–H groups in total. The zero-order valence-electron chi connectivity index (χ0n) is 20.9. The highest BCUT2D eigenvalue weighted by Crippen LogP contribution is 2.54. The van der Waals surface area contributed by atoms with Gasteiger partial charge in [-0.3, -0.25) is 4.79 Å². The van der Waals surface area contributed by atoms with Crippen LogP contribution in [0.25, 0.3) is 0 Å². The van der Waals surface area contributed by atoms with Gasteiger partial charge in [-0.2, -0.15) is 0 Å². The van der Waals surface area contributed by atoms with Crippen LogP contribution < -0.4 is 14.2 Å². The Bertz CT molecular complexity index is 1120. The summed E-state index contributed by atoms with van der Waals surface area (Å²) in [5.41, 5.74) is 2.44. The maximum Gasteiger partial charge on any atom is 0.255 e. The number of hydrogen-bond donors (Lipinski definition) is 0. The summed E-state index contributed by atoms with van der Waals surface area (Å²) in [4.78, 5) is 15.9. The molecule has 2 aromatic carbocycles. The standard InChI is InChI=1S/C28H33NO7/c1-19(16-32-17-20-3-5-21(31-2)6-4-20)15-29-26(30)22-13-24-25(34-18-33-24)14-23(22)27(29)7-9-28(10-8-27)35-11-12-36-28/h3-6,13-14,19H,7-12,15-18H2,1-2H3/t19-/m1/s1. The lowest BCUT2D eigenvalue weighted by molar-refractivity contribution is -0.193. The van der Waals surface area contributed by atoms with Crippen molar-refractivity contribution >= 4 is 5.91 Å². The number of carbonyl (C=O) groups excluding carboxylic acids is 1. The predicted octanol–water partition coefficient (Wildman–Crippen LogP) is 4.25. The van der Waals surface area contributed by atoms with E-state index >= 15 is 0 Å². The quantitative estimate of drug-likeness (QED) is 0.569. The van der Waals surface area contributed by atoms with Gasteiger partial charge in [-0.15, -0.1) is 0 Å². The summed E-state index contributed by atoms with van der Waals surface area (Å²) in [6.45, 7) is 5.28. The molecule has 2 spiro atoms. The second kappa shape index (κ2) is 9.25. The Hall–Kier alpha value is -2.81. The van der Waals surface area contributed by atoms with E-state index in [1.807, 2.05) is 36.4 Å². The molecule has 36 heavy (non-hydrogen) atoms. The number of rotatable bonds is 7. The van der Waals surface area contributed by atoms with Gasteiger partial charge in [0.15, 0.2) is 17.3 Å². The third kappa shape index (κ3) is 4.01. The van der Waals surface area contributed by atoms with E-state index in [-0.39, 0.29) is 18.6 Å². The molecule has 0 aromatic heterocycles. The largest absolute Gasteiger partial charge is 0.497 e. The van der Waals surface area contributed by atoms with E-state index < -0.39 is 11.3 Å². The van der Waals surface area contributed by atoms with Gasteiger partial charge in [0.2, 0.25) is 6.79 Å². The van der Waals surface area contributed by atoms with Gasteiger partial charge >= 0.3 is 0 Å². The van der Waals surface area contributed by atoms with E-state index in [1.165, 1.54) is 0 Å². The first-order valence-electron chi connectivity index (χ1n) is 12.8. The van der Waals surface area contributed by atoms with Crippen LogP contribution in [0.15, 0.2) is 36.4 Å². The number of ether oxygens (including phenoxy) is 6. The molecular weight excluding hydrogens is 462 g/mol. The van der Waals surface area contributed by atoms with Gasteiger partial charge in [-0.05, 0) is 54.2 Å². The average molecular weight is 496 g/mol. The van der Waals surface area contributed by atoms with E-state index in [0.29, 0.717) is 44.5 Å². The molecule has 0 bridgehead atoms. The Balaban J connectivity index is 1.19. The van der Waals surface area contributed by atoms with Crippen LogP contribution in [0.1, 0.15) is 54.1 Å². The first kappa shape index (κ1) is 23.6. The third-order valence-corrected chi connectivity index (χ3v) is 7.98. The summed E-state index contributed by atoms with van der Waals surface area (Å²) in [6, 6.07) is 11.8.